The molecule has 0 saturated heterocycles. The molecule has 0 aliphatic heterocycles. The maximum Gasteiger partial charge on any atom is 0.257 e. The van der Waals surface area contributed by atoms with Gasteiger partial charge in [0.05, 0.1) is 5.56 Å². The fourth-order valence-corrected chi connectivity index (χ4v) is 2.61. The average Bonchev–Trinajstić information content (AvgIpc) is 2.66. The van der Waals surface area contributed by atoms with Crippen LogP contribution in [0.3, 0.4) is 0 Å². The van der Waals surface area contributed by atoms with E-state index in [1.165, 1.54) is 18.7 Å². The van der Waals surface area contributed by atoms with Gasteiger partial charge < -0.3 is 16.0 Å². The Labute approximate surface area is 164 Å². The van der Waals surface area contributed by atoms with Crippen molar-refractivity contribution in [3.63, 3.8) is 0 Å². The fraction of sp³-hybridized carbons (Fsp3) is 0.136. The minimum absolute atomic E-state index is 0.114. The largest absolute Gasteiger partial charge is 0.340 e. The molecule has 3 rings (SSSR count). The van der Waals surface area contributed by atoms with Crippen LogP contribution in [-0.4, -0.2) is 16.8 Å². The quantitative estimate of drug-likeness (QED) is 0.607. The van der Waals surface area contributed by atoms with Gasteiger partial charge in [-0.05, 0) is 73.5 Å². The Morgan fingerprint density at radius 2 is 1.46 bits per heavy atom. The highest BCUT2D eigenvalue weighted by Gasteiger charge is 2.08. The number of hydrogen-bond donors (Lipinski definition) is 3. The van der Waals surface area contributed by atoms with Crippen LogP contribution in [-0.2, 0) is 4.79 Å². The summed E-state index contributed by atoms with van der Waals surface area (Å²) in [5, 5.41) is 8.76. The molecule has 0 radical (unpaired) electrons. The monoisotopic (exact) mass is 374 g/mol. The molecule has 2 aromatic carbocycles. The van der Waals surface area contributed by atoms with E-state index >= 15 is 0 Å². The number of pyridine rings is 1. The lowest BCUT2D eigenvalue weighted by Crippen LogP contribution is -2.12. The zero-order valence-electron chi connectivity index (χ0n) is 16.0. The van der Waals surface area contributed by atoms with Crippen molar-refractivity contribution >= 4 is 34.7 Å². The molecule has 0 fully saturated rings. The van der Waals surface area contributed by atoms with Crippen molar-refractivity contribution in [2.45, 2.75) is 20.8 Å². The summed E-state index contributed by atoms with van der Waals surface area (Å²) in [4.78, 5) is 27.8. The average molecular weight is 374 g/mol. The Balaban J connectivity index is 1.63. The van der Waals surface area contributed by atoms with Gasteiger partial charge in [-0.25, -0.2) is 4.98 Å². The van der Waals surface area contributed by atoms with Crippen molar-refractivity contribution in [1.29, 1.82) is 0 Å². The number of rotatable bonds is 5. The molecular weight excluding hydrogens is 352 g/mol. The third kappa shape index (κ3) is 4.94. The molecule has 142 valence electrons. The zero-order valence-corrected chi connectivity index (χ0v) is 16.0. The number of hydrogen-bond acceptors (Lipinski definition) is 4. The molecule has 2 amide bonds. The number of carbonyl (C=O) groups is 2. The van der Waals surface area contributed by atoms with Gasteiger partial charge in [0.25, 0.3) is 5.91 Å². The molecule has 28 heavy (non-hydrogen) atoms. The second-order valence-electron chi connectivity index (χ2n) is 6.57. The fourth-order valence-electron chi connectivity index (χ4n) is 2.61. The van der Waals surface area contributed by atoms with E-state index in [9.17, 15) is 9.59 Å². The van der Waals surface area contributed by atoms with Gasteiger partial charge in [0.15, 0.2) is 0 Å². The van der Waals surface area contributed by atoms with Crippen molar-refractivity contribution in [2.24, 2.45) is 0 Å². The van der Waals surface area contributed by atoms with Crippen molar-refractivity contribution in [3.05, 3.63) is 77.5 Å². The molecule has 3 aromatic rings. The summed E-state index contributed by atoms with van der Waals surface area (Å²) in [6.45, 7) is 5.51. The summed E-state index contributed by atoms with van der Waals surface area (Å²) in [6.07, 6.45) is 1.53. The van der Waals surface area contributed by atoms with Crippen molar-refractivity contribution in [3.8, 4) is 0 Å². The molecule has 0 unspecified atom stereocenters. The van der Waals surface area contributed by atoms with Crippen LogP contribution < -0.4 is 16.0 Å². The molecule has 6 nitrogen and oxygen atoms in total. The Morgan fingerprint density at radius 3 is 2.07 bits per heavy atom. The van der Waals surface area contributed by atoms with E-state index in [4.69, 9.17) is 0 Å². The molecule has 6 heteroatoms. The summed E-state index contributed by atoms with van der Waals surface area (Å²) in [5.41, 5.74) is 5.10. The van der Waals surface area contributed by atoms with E-state index in [0.717, 1.165) is 22.6 Å². The molecule has 3 N–H and O–H groups in total. The maximum atomic E-state index is 12.4. The van der Waals surface area contributed by atoms with Crippen molar-refractivity contribution < 1.29 is 9.59 Å². The summed E-state index contributed by atoms with van der Waals surface area (Å²) in [5.74, 6) is 0.300. The maximum absolute atomic E-state index is 12.4. The molecule has 1 aromatic heterocycles. The molecular formula is C22H22N4O2. The van der Waals surface area contributed by atoms with Crippen LogP contribution in [0.15, 0.2) is 60.8 Å². The smallest absolute Gasteiger partial charge is 0.257 e. The van der Waals surface area contributed by atoms with Crippen LogP contribution in [0.1, 0.15) is 28.4 Å². The third-order valence-electron chi connectivity index (χ3n) is 4.27. The first kappa shape index (κ1) is 19.1. The predicted molar refractivity (Wildman–Crippen MR) is 112 cm³/mol. The van der Waals surface area contributed by atoms with E-state index in [1.54, 1.807) is 24.3 Å². The highest BCUT2D eigenvalue weighted by Crippen LogP contribution is 2.19. The number of aryl methyl sites for hydroxylation is 2. The Hall–Kier alpha value is -3.67. The highest BCUT2D eigenvalue weighted by atomic mass is 16.2. The number of carbonyl (C=O) groups excluding carboxylic acids is 2. The number of anilines is 4. The van der Waals surface area contributed by atoms with Crippen LogP contribution in [0.25, 0.3) is 0 Å². The normalized spacial score (nSPS) is 10.2. The summed E-state index contributed by atoms with van der Waals surface area (Å²) in [7, 11) is 0. The van der Waals surface area contributed by atoms with Gasteiger partial charge in [0.2, 0.25) is 5.91 Å². The van der Waals surface area contributed by atoms with E-state index in [-0.39, 0.29) is 11.8 Å². The van der Waals surface area contributed by atoms with E-state index in [1.807, 2.05) is 44.2 Å². The highest BCUT2D eigenvalue weighted by molar-refractivity contribution is 6.04. The van der Waals surface area contributed by atoms with Crippen LogP contribution >= 0.6 is 0 Å². The van der Waals surface area contributed by atoms with E-state index < -0.39 is 0 Å². The minimum atomic E-state index is -0.207. The molecule has 0 bridgehead atoms. The van der Waals surface area contributed by atoms with Gasteiger partial charge in [-0.3, -0.25) is 9.59 Å². The van der Waals surface area contributed by atoms with Gasteiger partial charge in [-0.1, -0.05) is 6.07 Å². The van der Waals surface area contributed by atoms with Gasteiger partial charge in [-0.2, -0.15) is 0 Å². The molecule has 0 aliphatic rings. The Bertz CT molecular complexity index is 996. The van der Waals surface area contributed by atoms with Crippen LogP contribution in [0, 0.1) is 13.8 Å². The molecule has 0 atom stereocenters. The topological polar surface area (TPSA) is 83.1 Å². The minimum Gasteiger partial charge on any atom is -0.340 e. The summed E-state index contributed by atoms with van der Waals surface area (Å²) in [6, 6.07) is 16.6. The lowest BCUT2D eigenvalue weighted by atomic mass is 10.1. The number of nitrogens with zero attached hydrogens (tertiary/aromatic N) is 1. The lowest BCUT2D eigenvalue weighted by molar-refractivity contribution is -0.114. The molecule has 0 spiro atoms. The van der Waals surface area contributed by atoms with Crippen molar-refractivity contribution in [1.82, 2.24) is 4.98 Å². The molecule has 0 aliphatic carbocycles. The summed E-state index contributed by atoms with van der Waals surface area (Å²) < 4.78 is 0. The van der Waals surface area contributed by atoms with Crippen LogP contribution in [0.2, 0.25) is 0 Å². The standard InChI is InChI=1S/C22H22N4O2/c1-14-4-6-20(12-15(14)2)26-22(28)17-5-11-21(23-13-17)25-19-9-7-18(8-10-19)24-16(3)27/h4-13H,1-3H3,(H,23,25)(H,24,27)(H,26,28). The number of amides is 2. The van der Waals surface area contributed by atoms with Gasteiger partial charge >= 0.3 is 0 Å². The Morgan fingerprint density at radius 1 is 0.786 bits per heavy atom. The Kier molecular flexibility index (Phi) is 5.69. The van der Waals surface area contributed by atoms with E-state index in [2.05, 4.69) is 20.9 Å². The second kappa shape index (κ2) is 8.35. The summed E-state index contributed by atoms with van der Waals surface area (Å²) >= 11 is 0. The number of aromatic nitrogens is 1. The van der Waals surface area contributed by atoms with Gasteiger partial charge in [0.1, 0.15) is 5.82 Å². The first-order valence-corrected chi connectivity index (χ1v) is 8.90. The second-order valence-corrected chi connectivity index (χ2v) is 6.57. The van der Waals surface area contributed by atoms with Crippen LogP contribution in [0.5, 0.6) is 0 Å². The van der Waals surface area contributed by atoms with E-state index in [0.29, 0.717) is 11.4 Å². The zero-order chi connectivity index (χ0) is 20.1. The molecule has 0 saturated carbocycles. The lowest BCUT2D eigenvalue weighted by Gasteiger charge is -2.09. The SMILES string of the molecule is CC(=O)Nc1ccc(Nc2ccc(C(=O)Nc3ccc(C)c(C)c3)cn2)cc1. The third-order valence-corrected chi connectivity index (χ3v) is 4.27. The van der Waals surface area contributed by atoms with Crippen LogP contribution in [0.4, 0.5) is 22.9 Å². The van der Waals surface area contributed by atoms with Crippen molar-refractivity contribution in [2.75, 3.05) is 16.0 Å². The number of nitrogens with one attached hydrogen (secondary N) is 3. The van der Waals surface area contributed by atoms with Gasteiger partial charge in [0, 0.05) is 30.2 Å². The first-order chi connectivity index (χ1) is 13.4. The molecule has 1 heterocycles. The first-order valence-electron chi connectivity index (χ1n) is 8.90. The predicted octanol–water partition coefficient (Wildman–Crippen LogP) is 4.65. The van der Waals surface area contributed by atoms with Gasteiger partial charge in [-0.15, -0.1) is 0 Å². The number of benzene rings is 2.